The van der Waals surface area contributed by atoms with Gasteiger partial charge < -0.3 is 5.32 Å². The van der Waals surface area contributed by atoms with Crippen LogP contribution in [0.1, 0.15) is 20.8 Å². The van der Waals surface area contributed by atoms with Crippen LogP contribution in [0, 0.1) is 0 Å². The molecule has 2 N–H and O–H groups in total. The van der Waals surface area contributed by atoms with E-state index in [1.54, 1.807) is 0 Å². The maximum atomic E-state index is 11.2. The molecule has 0 rings (SSSR count). The first kappa shape index (κ1) is 17.8. The monoisotopic (exact) mass is 263 g/mol. The van der Waals surface area contributed by atoms with Gasteiger partial charge in [0.25, 0.3) is 10.1 Å². The fourth-order valence-corrected chi connectivity index (χ4v) is 1.89. The van der Waals surface area contributed by atoms with Crippen molar-refractivity contribution in [1.82, 2.24) is 5.32 Å². The zero-order chi connectivity index (χ0) is 11.6. The van der Waals surface area contributed by atoms with E-state index in [1.807, 2.05) is 0 Å². The second-order valence-corrected chi connectivity index (χ2v) is 5.30. The molecule has 0 aliphatic carbocycles. The van der Waals surface area contributed by atoms with Crippen LogP contribution in [0.15, 0.2) is 12.2 Å². The average molecular weight is 263 g/mol. The number of carbonyl (C=O) groups is 1. The Balaban J connectivity index is 0. The molecular formula is C8H17CaNO4S. The minimum atomic E-state index is -4.10. The summed E-state index contributed by atoms with van der Waals surface area (Å²) in [5, 5.41) is 2.43. The van der Waals surface area contributed by atoms with Crippen molar-refractivity contribution in [1.29, 1.82) is 0 Å². The molecule has 0 saturated heterocycles. The minimum absolute atomic E-state index is 0. The van der Waals surface area contributed by atoms with E-state index in [0.29, 0.717) is 0 Å². The van der Waals surface area contributed by atoms with Crippen LogP contribution < -0.4 is 5.32 Å². The van der Waals surface area contributed by atoms with Gasteiger partial charge in [-0.15, -0.1) is 0 Å². The Hall–Kier alpha value is 0.380. The normalized spacial score (nSPS) is 11.5. The van der Waals surface area contributed by atoms with Crippen LogP contribution in [0.4, 0.5) is 0 Å². The van der Waals surface area contributed by atoms with Gasteiger partial charge in [0.05, 0.1) is 11.3 Å². The molecule has 15 heavy (non-hydrogen) atoms. The second-order valence-electron chi connectivity index (χ2n) is 3.84. The first-order valence-corrected chi connectivity index (χ1v) is 5.57. The molecule has 5 nitrogen and oxygen atoms in total. The molecule has 0 saturated carbocycles. The van der Waals surface area contributed by atoms with Gasteiger partial charge in [0.2, 0.25) is 5.91 Å². The zero-order valence-corrected chi connectivity index (χ0v) is 9.31. The Morgan fingerprint density at radius 2 is 1.87 bits per heavy atom. The molecule has 0 spiro atoms. The zero-order valence-electron chi connectivity index (χ0n) is 8.49. The van der Waals surface area contributed by atoms with E-state index >= 15 is 0 Å². The van der Waals surface area contributed by atoms with Gasteiger partial charge in [0.15, 0.2) is 0 Å². The molecule has 0 aromatic heterocycles. The van der Waals surface area contributed by atoms with E-state index in [4.69, 9.17) is 4.55 Å². The van der Waals surface area contributed by atoms with E-state index in [2.05, 4.69) is 11.9 Å². The van der Waals surface area contributed by atoms with Crippen molar-refractivity contribution in [3.63, 3.8) is 0 Å². The molecule has 0 radical (unpaired) electrons. The van der Waals surface area contributed by atoms with Crippen LogP contribution in [0.3, 0.4) is 0 Å². The van der Waals surface area contributed by atoms with E-state index in [1.165, 1.54) is 20.8 Å². The summed E-state index contributed by atoms with van der Waals surface area (Å²) >= 11 is 0. The summed E-state index contributed by atoms with van der Waals surface area (Å²) in [5.41, 5.74) is -0.725. The van der Waals surface area contributed by atoms with Crippen molar-refractivity contribution >= 4 is 53.8 Å². The quantitative estimate of drug-likeness (QED) is 0.404. The molecule has 0 aliphatic rings. The summed E-state index contributed by atoms with van der Waals surface area (Å²) in [5.74, 6) is -0.961. The Morgan fingerprint density at radius 3 is 2.13 bits per heavy atom. The Labute approximate surface area is 120 Å². The van der Waals surface area contributed by atoms with Gasteiger partial charge in [-0.05, 0) is 20.8 Å². The molecule has 0 aromatic carbocycles. The van der Waals surface area contributed by atoms with Crippen molar-refractivity contribution in [3.05, 3.63) is 12.2 Å². The predicted molar refractivity (Wildman–Crippen MR) is 62.0 cm³/mol. The number of rotatable bonds is 4. The number of amides is 1. The molecule has 0 fully saturated rings. The molecular weight excluding hydrogens is 246 g/mol. The Kier molecular flexibility index (Phi) is 7.34. The number of carbonyl (C=O) groups excluding carboxylic acids is 1. The SMILES string of the molecule is C=C(C)C(=O)NC(C)(C)CS(=O)(=O)O.[CaH2]. The van der Waals surface area contributed by atoms with Crippen LogP contribution in [-0.4, -0.2) is 67.9 Å². The Morgan fingerprint density at radius 1 is 1.47 bits per heavy atom. The molecule has 1 amide bonds. The van der Waals surface area contributed by atoms with Gasteiger partial charge in [-0.2, -0.15) is 8.42 Å². The summed E-state index contributed by atoms with van der Waals surface area (Å²) in [7, 11) is -4.10. The van der Waals surface area contributed by atoms with E-state index < -0.39 is 27.3 Å². The predicted octanol–water partition coefficient (Wildman–Crippen LogP) is -0.571. The van der Waals surface area contributed by atoms with Crippen LogP contribution in [0.5, 0.6) is 0 Å². The van der Waals surface area contributed by atoms with E-state index in [-0.39, 0.29) is 43.3 Å². The van der Waals surface area contributed by atoms with Crippen molar-refractivity contribution in [2.75, 3.05) is 5.75 Å². The van der Waals surface area contributed by atoms with Gasteiger partial charge in [0.1, 0.15) is 0 Å². The fourth-order valence-electron chi connectivity index (χ4n) is 0.906. The maximum absolute atomic E-state index is 11.2. The van der Waals surface area contributed by atoms with Gasteiger partial charge in [0, 0.05) is 5.57 Å². The van der Waals surface area contributed by atoms with E-state index in [9.17, 15) is 13.2 Å². The average Bonchev–Trinajstić information content (AvgIpc) is 1.78. The molecule has 0 atom stereocenters. The summed E-state index contributed by atoms with van der Waals surface area (Å²) in [4.78, 5) is 11.2. The first-order valence-electron chi connectivity index (χ1n) is 3.97. The third kappa shape index (κ3) is 9.32. The van der Waals surface area contributed by atoms with Crippen LogP contribution in [-0.2, 0) is 14.9 Å². The van der Waals surface area contributed by atoms with Gasteiger partial charge in [-0.25, -0.2) is 0 Å². The number of hydrogen-bond acceptors (Lipinski definition) is 3. The van der Waals surface area contributed by atoms with Crippen molar-refractivity contribution in [3.8, 4) is 0 Å². The molecule has 0 unspecified atom stereocenters. The third-order valence-corrected chi connectivity index (χ3v) is 2.47. The van der Waals surface area contributed by atoms with Crippen molar-refractivity contribution in [2.45, 2.75) is 26.3 Å². The summed E-state index contributed by atoms with van der Waals surface area (Å²) in [6, 6.07) is 0. The summed E-state index contributed by atoms with van der Waals surface area (Å²) in [6.45, 7) is 7.93. The third-order valence-electron chi connectivity index (χ3n) is 1.38. The molecule has 86 valence electrons. The van der Waals surface area contributed by atoms with Gasteiger partial charge in [-0.1, -0.05) is 6.58 Å². The summed E-state index contributed by atoms with van der Waals surface area (Å²) < 4.78 is 29.8. The molecule has 0 aliphatic heterocycles. The fraction of sp³-hybridized carbons (Fsp3) is 0.625. The standard InChI is InChI=1S/C8H15NO4S.Ca.2H/c1-6(2)7(10)9-8(3,4)5-14(11,12)13;;;/h1,5H2,2-4H3,(H,9,10)(H,11,12,13);;;. The first-order chi connectivity index (χ1) is 6.03. The molecule has 0 heterocycles. The van der Waals surface area contributed by atoms with Crippen LogP contribution >= 0.6 is 0 Å². The molecule has 0 aromatic rings. The second kappa shape index (κ2) is 6.20. The van der Waals surface area contributed by atoms with Crippen LogP contribution in [0.2, 0.25) is 0 Å². The van der Waals surface area contributed by atoms with Gasteiger partial charge >= 0.3 is 37.7 Å². The Bertz CT molecular complexity index is 348. The van der Waals surface area contributed by atoms with Crippen LogP contribution in [0.25, 0.3) is 0 Å². The molecule has 7 heteroatoms. The van der Waals surface area contributed by atoms with Crippen molar-refractivity contribution < 1.29 is 17.8 Å². The topological polar surface area (TPSA) is 83.5 Å². The summed E-state index contributed by atoms with van der Waals surface area (Å²) in [6.07, 6.45) is 0. The molecule has 0 bridgehead atoms. The van der Waals surface area contributed by atoms with Crippen molar-refractivity contribution in [2.24, 2.45) is 0 Å². The number of hydrogen-bond donors (Lipinski definition) is 2. The number of nitrogens with one attached hydrogen (secondary N) is 1. The van der Waals surface area contributed by atoms with Gasteiger partial charge in [-0.3, -0.25) is 9.35 Å². The van der Waals surface area contributed by atoms with E-state index in [0.717, 1.165) is 0 Å².